The minimum atomic E-state index is -4.29. The number of rotatable bonds is 7. The van der Waals surface area contributed by atoms with Gasteiger partial charge in [0.05, 0.1) is 5.56 Å². The average molecular weight is 488 g/mol. The number of likely N-dealkylation sites (tertiary alicyclic amines) is 1. The highest BCUT2D eigenvalue weighted by Gasteiger charge is 2.59. The third-order valence-electron chi connectivity index (χ3n) is 7.23. The van der Waals surface area contributed by atoms with E-state index in [-0.39, 0.29) is 11.3 Å². The fourth-order valence-corrected chi connectivity index (χ4v) is 6.15. The first-order valence-electron chi connectivity index (χ1n) is 11.6. The van der Waals surface area contributed by atoms with Crippen molar-refractivity contribution in [3.63, 3.8) is 0 Å². The predicted octanol–water partition coefficient (Wildman–Crippen LogP) is 5.57. The molecule has 5 rings (SSSR count). The minimum Gasteiger partial charge on any atom is -0.305 e. The van der Waals surface area contributed by atoms with E-state index in [1.165, 1.54) is 12.1 Å². The van der Waals surface area contributed by atoms with Crippen molar-refractivity contribution in [1.82, 2.24) is 24.6 Å². The molecule has 0 bridgehead atoms. The van der Waals surface area contributed by atoms with Gasteiger partial charge in [-0.3, -0.25) is 4.98 Å². The molecule has 0 N–H and O–H groups in total. The number of halogens is 3. The summed E-state index contributed by atoms with van der Waals surface area (Å²) in [6, 6.07) is 10.0. The maximum Gasteiger partial charge on any atom is 0.416 e. The molecule has 9 heteroatoms. The van der Waals surface area contributed by atoms with Crippen LogP contribution in [0.1, 0.15) is 42.0 Å². The van der Waals surface area contributed by atoms with Gasteiger partial charge in [-0.2, -0.15) is 13.2 Å². The van der Waals surface area contributed by atoms with E-state index in [0.717, 1.165) is 66.9 Å². The fraction of sp³-hybridized carbons (Fsp3) is 0.480. The molecule has 2 atom stereocenters. The van der Waals surface area contributed by atoms with Crippen LogP contribution in [0.4, 0.5) is 13.2 Å². The number of hydrogen-bond donors (Lipinski definition) is 0. The van der Waals surface area contributed by atoms with E-state index < -0.39 is 11.7 Å². The molecular weight excluding hydrogens is 459 g/mol. The molecule has 2 fully saturated rings. The third kappa shape index (κ3) is 4.47. The first-order chi connectivity index (χ1) is 16.3. The van der Waals surface area contributed by atoms with Gasteiger partial charge in [0.15, 0.2) is 11.0 Å². The quantitative estimate of drug-likeness (QED) is 0.322. The molecule has 3 heterocycles. The van der Waals surface area contributed by atoms with Crippen molar-refractivity contribution in [2.75, 3.05) is 25.4 Å². The van der Waals surface area contributed by atoms with Crippen LogP contribution in [-0.2, 0) is 13.2 Å². The summed E-state index contributed by atoms with van der Waals surface area (Å²) < 4.78 is 42.4. The van der Waals surface area contributed by atoms with E-state index in [4.69, 9.17) is 0 Å². The van der Waals surface area contributed by atoms with Crippen LogP contribution in [0.3, 0.4) is 0 Å². The third-order valence-corrected chi connectivity index (χ3v) is 8.33. The second kappa shape index (κ2) is 9.00. The highest BCUT2D eigenvalue weighted by Crippen LogP contribution is 2.65. The number of aromatic nitrogens is 4. The SMILES string of the molecule is Cc1ncccc1-c1nnc(SCCCN2CC[C@]3(C[C@H]3c3ccccc3C(F)(F)F)C2)n1C. The molecule has 180 valence electrons. The molecule has 1 aliphatic heterocycles. The molecule has 1 aromatic carbocycles. The topological polar surface area (TPSA) is 46.8 Å². The first-order valence-corrected chi connectivity index (χ1v) is 12.6. The lowest BCUT2D eigenvalue weighted by Gasteiger charge is -2.17. The van der Waals surface area contributed by atoms with Gasteiger partial charge in [0.1, 0.15) is 0 Å². The molecule has 0 radical (unpaired) electrons. The molecule has 1 aliphatic carbocycles. The van der Waals surface area contributed by atoms with Crippen molar-refractivity contribution >= 4 is 11.8 Å². The van der Waals surface area contributed by atoms with E-state index in [9.17, 15) is 13.2 Å². The minimum absolute atomic E-state index is 0.0224. The maximum absolute atomic E-state index is 13.5. The Morgan fingerprint density at radius 3 is 2.76 bits per heavy atom. The van der Waals surface area contributed by atoms with Crippen LogP contribution in [0.25, 0.3) is 11.4 Å². The number of pyridine rings is 1. The van der Waals surface area contributed by atoms with Gasteiger partial charge in [0.25, 0.3) is 0 Å². The predicted molar refractivity (Wildman–Crippen MR) is 127 cm³/mol. The lowest BCUT2D eigenvalue weighted by atomic mass is 9.95. The molecule has 1 saturated heterocycles. The molecule has 2 aliphatic rings. The maximum atomic E-state index is 13.5. The second-order valence-electron chi connectivity index (χ2n) is 9.43. The van der Waals surface area contributed by atoms with Crippen LogP contribution in [0, 0.1) is 12.3 Å². The second-order valence-corrected chi connectivity index (χ2v) is 10.5. The van der Waals surface area contributed by atoms with E-state index in [1.807, 2.05) is 30.7 Å². The molecule has 1 spiro atoms. The molecule has 1 saturated carbocycles. The largest absolute Gasteiger partial charge is 0.416 e. The first kappa shape index (κ1) is 23.4. The summed E-state index contributed by atoms with van der Waals surface area (Å²) in [5, 5.41) is 9.58. The van der Waals surface area contributed by atoms with Gasteiger partial charge in [-0.1, -0.05) is 30.0 Å². The monoisotopic (exact) mass is 487 g/mol. The van der Waals surface area contributed by atoms with Crippen LogP contribution in [0.15, 0.2) is 47.8 Å². The van der Waals surface area contributed by atoms with Crippen LogP contribution >= 0.6 is 11.8 Å². The summed E-state index contributed by atoms with van der Waals surface area (Å²) in [6.07, 6.45) is 0.325. The number of nitrogens with zero attached hydrogens (tertiary/aromatic N) is 5. The van der Waals surface area contributed by atoms with Gasteiger partial charge >= 0.3 is 6.18 Å². The number of benzene rings is 1. The molecule has 0 unspecified atom stereocenters. The van der Waals surface area contributed by atoms with Crippen LogP contribution < -0.4 is 0 Å². The Labute approximate surface area is 201 Å². The number of thioether (sulfide) groups is 1. The zero-order valence-corrected chi connectivity index (χ0v) is 20.2. The van der Waals surface area contributed by atoms with Crippen LogP contribution in [-0.4, -0.2) is 50.0 Å². The lowest BCUT2D eigenvalue weighted by Crippen LogP contribution is -2.23. The lowest BCUT2D eigenvalue weighted by molar-refractivity contribution is -0.138. The van der Waals surface area contributed by atoms with Gasteiger partial charge in [0, 0.05) is 36.8 Å². The summed E-state index contributed by atoms with van der Waals surface area (Å²) in [5.41, 5.74) is 1.95. The number of aryl methyl sites for hydroxylation is 1. The van der Waals surface area contributed by atoms with Gasteiger partial charge in [-0.25, -0.2) is 0 Å². The number of alkyl halides is 3. The van der Waals surface area contributed by atoms with Crippen LogP contribution in [0.2, 0.25) is 0 Å². The van der Waals surface area contributed by atoms with Crippen molar-refractivity contribution in [1.29, 1.82) is 0 Å². The average Bonchev–Trinajstić information content (AvgIpc) is 3.15. The fourth-order valence-electron chi connectivity index (χ4n) is 5.32. The Hall–Kier alpha value is -2.39. The van der Waals surface area contributed by atoms with Gasteiger partial charge in [-0.15, -0.1) is 10.2 Å². The van der Waals surface area contributed by atoms with Crippen molar-refractivity contribution in [2.24, 2.45) is 12.5 Å². The van der Waals surface area contributed by atoms with E-state index in [1.54, 1.807) is 30.1 Å². The summed E-state index contributed by atoms with van der Waals surface area (Å²) in [7, 11) is 1.97. The Morgan fingerprint density at radius 1 is 1.15 bits per heavy atom. The molecule has 0 amide bonds. The molecular formula is C25H28F3N5S. The zero-order chi connectivity index (χ0) is 23.9. The Morgan fingerprint density at radius 2 is 1.97 bits per heavy atom. The Bertz CT molecular complexity index is 1180. The van der Waals surface area contributed by atoms with E-state index in [0.29, 0.717) is 5.56 Å². The Kier molecular flexibility index (Phi) is 6.18. The summed E-state index contributed by atoms with van der Waals surface area (Å²) >= 11 is 1.69. The molecule has 3 aromatic rings. The van der Waals surface area contributed by atoms with Crippen molar-refractivity contribution in [2.45, 2.75) is 43.4 Å². The van der Waals surface area contributed by atoms with Gasteiger partial charge in [-0.05, 0) is 74.4 Å². The highest BCUT2D eigenvalue weighted by molar-refractivity contribution is 7.99. The zero-order valence-electron chi connectivity index (χ0n) is 19.3. The van der Waals surface area contributed by atoms with Gasteiger partial charge in [0.2, 0.25) is 0 Å². The van der Waals surface area contributed by atoms with Crippen molar-refractivity contribution < 1.29 is 13.2 Å². The molecule has 5 nitrogen and oxygen atoms in total. The number of hydrogen-bond acceptors (Lipinski definition) is 5. The smallest absolute Gasteiger partial charge is 0.305 e. The van der Waals surface area contributed by atoms with Crippen molar-refractivity contribution in [3.05, 3.63) is 59.4 Å². The van der Waals surface area contributed by atoms with Gasteiger partial charge < -0.3 is 9.47 Å². The summed E-state index contributed by atoms with van der Waals surface area (Å²) in [6.45, 7) is 4.77. The van der Waals surface area contributed by atoms with Crippen molar-refractivity contribution in [3.8, 4) is 11.4 Å². The molecule has 34 heavy (non-hydrogen) atoms. The Balaban J connectivity index is 1.13. The van der Waals surface area contributed by atoms with E-state index >= 15 is 0 Å². The normalized spacial score (nSPS) is 22.6. The molecule has 2 aromatic heterocycles. The summed E-state index contributed by atoms with van der Waals surface area (Å²) in [4.78, 5) is 6.75. The van der Waals surface area contributed by atoms with E-state index in [2.05, 4.69) is 20.1 Å². The van der Waals surface area contributed by atoms with Crippen LogP contribution in [0.5, 0.6) is 0 Å². The summed E-state index contributed by atoms with van der Waals surface area (Å²) in [5.74, 6) is 1.76. The standard InChI is InChI=1S/C25H28F3N5S/c1-17-18(8-5-11-29-17)22-30-31-23(32(22)2)34-14-6-12-33-13-10-24(16-33)15-21(24)19-7-3-4-9-20(19)25(26,27)28/h3-5,7-9,11,21H,6,10,12-16H2,1-2H3/t21-,24-/m0/s1. The highest BCUT2D eigenvalue weighted by atomic mass is 32.2.